The van der Waals surface area contributed by atoms with Crippen LogP contribution in [0.2, 0.25) is 0 Å². The van der Waals surface area contributed by atoms with Gasteiger partial charge in [0.1, 0.15) is 0 Å². The van der Waals surface area contributed by atoms with Crippen molar-refractivity contribution in [3.8, 4) is 11.8 Å². The summed E-state index contributed by atoms with van der Waals surface area (Å²) in [7, 11) is 1.70. The van der Waals surface area contributed by atoms with Crippen molar-refractivity contribution in [2.75, 3.05) is 20.1 Å². The van der Waals surface area contributed by atoms with E-state index in [9.17, 15) is 9.59 Å². The monoisotopic (exact) mass is 279 g/mol. The third-order valence-electron chi connectivity index (χ3n) is 2.30. The first-order valence-corrected chi connectivity index (χ1v) is 6.65. The molecule has 1 aromatic rings. The Morgan fingerprint density at radius 3 is 2.89 bits per heavy atom. The minimum Gasteiger partial charge on any atom is -0.347 e. The average molecular weight is 279 g/mol. The molecule has 0 aliphatic carbocycles. The van der Waals surface area contributed by atoms with Gasteiger partial charge in [0.15, 0.2) is 0 Å². The number of amides is 2. The summed E-state index contributed by atoms with van der Waals surface area (Å²) < 4.78 is 0. The van der Waals surface area contributed by atoms with Gasteiger partial charge in [0.2, 0.25) is 11.8 Å². The number of hydrogen-bond donors (Lipinski definition) is 2. The van der Waals surface area contributed by atoms with Crippen LogP contribution in [0.3, 0.4) is 0 Å². The minimum atomic E-state index is -0.211. The average Bonchev–Trinajstić information content (AvgIpc) is 2.80. The molecule has 0 atom stereocenters. The van der Waals surface area contributed by atoms with Crippen LogP contribution in [0, 0.1) is 11.8 Å². The van der Waals surface area contributed by atoms with Crippen LogP contribution >= 0.6 is 11.3 Å². The fourth-order valence-corrected chi connectivity index (χ4v) is 2.21. The van der Waals surface area contributed by atoms with E-state index in [4.69, 9.17) is 5.73 Å². The first-order valence-electron chi connectivity index (χ1n) is 5.77. The third-order valence-corrected chi connectivity index (χ3v) is 3.22. The molecule has 6 heteroatoms. The molecule has 2 amide bonds. The first kappa shape index (κ1) is 15.2. The van der Waals surface area contributed by atoms with Crippen molar-refractivity contribution in [1.82, 2.24) is 10.2 Å². The van der Waals surface area contributed by atoms with Gasteiger partial charge in [-0.05, 0) is 6.07 Å². The van der Waals surface area contributed by atoms with E-state index in [0.29, 0.717) is 13.1 Å². The maximum Gasteiger partial charge on any atom is 0.242 e. The number of likely N-dealkylation sites (N-methyl/N-ethyl adjacent to an activating group) is 1. The van der Waals surface area contributed by atoms with E-state index in [-0.39, 0.29) is 18.4 Å². The van der Waals surface area contributed by atoms with E-state index in [1.807, 2.05) is 11.4 Å². The van der Waals surface area contributed by atoms with Crippen LogP contribution in [0.4, 0.5) is 0 Å². The van der Waals surface area contributed by atoms with E-state index in [0.717, 1.165) is 10.4 Å². The Balaban J connectivity index is 2.51. The number of thiophene rings is 1. The van der Waals surface area contributed by atoms with E-state index >= 15 is 0 Å². The zero-order chi connectivity index (χ0) is 14.3. The highest BCUT2D eigenvalue weighted by molar-refractivity contribution is 7.10. The van der Waals surface area contributed by atoms with Gasteiger partial charge in [-0.25, -0.2) is 0 Å². The smallest absolute Gasteiger partial charge is 0.242 e. The highest BCUT2D eigenvalue weighted by Gasteiger charge is 2.10. The van der Waals surface area contributed by atoms with Crippen LogP contribution in [0.1, 0.15) is 17.4 Å². The van der Waals surface area contributed by atoms with Crippen molar-refractivity contribution >= 4 is 23.2 Å². The normalized spacial score (nSPS) is 9.42. The van der Waals surface area contributed by atoms with Crippen molar-refractivity contribution < 1.29 is 9.59 Å². The van der Waals surface area contributed by atoms with Crippen LogP contribution in [-0.4, -0.2) is 36.9 Å². The largest absolute Gasteiger partial charge is 0.347 e. The Labute approximate surface area is 116 Å². The molecule has 1 aromatic heterocycles. The van der Waals surface area contributed by atoms with Crippen molar-refractivity contribution in [3.63, 3.8) is 0 Å². The van der Waals surface area contributed by atoms with Gasteiger partial charge in [0, 0.05) is 29.8 Å². The second-order valence-electron chi connectivity index (χ2n) is 3.97. The molecule has 0 fully saturated rings. The molecule has 3 N–H and O–H groups in total. The lowest BCUT2D eigenvalue weighted by Gasteiger charge is -2.16. The third kappa shape index (κ3) is 5.55. The van der Waals surface area contributed by atoms with E-state index in [1.54, 1.807) is 23.3 Å². The SMILES string of the molecule is CC(=O)NCC(=O)N(C)Cc1cc(C#CCN)cs1. The van der Waals surface area contributed by atoms with Gasteiger partial charge in [-0.15, -0.1) is 11.3 Å². The van der Waals surface area contributed by atoms with Crippen LogP contribution in [0.15, 0.2) is 11.4 Å². The van der Waals surface area contributed by atoms with Crippen molar-refractivity contribution in [2.45, 2.75) is 13.5 Å². The molecular formula is C13H17N3O2S. The van der Waals surface area contributed by atoms with E-state index < -0.39 is 0 Å². The van der Waals surface area contributed by atoms with Gasteiger partial charge in [0.25, 0.3) is 0 Å². The number of nitrogens with zero attached hydrogens (tertiary/aromatic N) is 1. The Morgan fingerprint density at radius 1 is 1.53 bits per heavy atom. The molecule has 0 aliphatic rings. The van der Waals surface area contributed by atoms with Gasteiger partial charge < -0.3 is 16.0 Å². The summed E-state index contributed by atoms with van der Waals surface area (Å²) in [4.78, 5) is 25.0. The molecule has 0 saturated heterocycles. The van der Waals surface area contributed by atoms with Gasteiger partial charge >= 0.3 is 0 Å². The molecule has 0 aromatic carbocycles. The molecule has 0 saturated carbocycles. The van der Waals surface area contributed by atoms with Crippen LogP contribution in [0.25, 0.3) is 0 Å². The number of rotatable bonds is 4. The van der Waals surface area contributed by atoms with Gasteiger partial charge in [0.05, 0.1) is 19.6 Å². The van der Waals surface area contributed by atoms with Crippen molar-refractivity contribution in [2.24, 2.45) is 5.73 Å². The molecule has 1 heterocycles. The molecule has 0 unspecified atom stereocenters. The minimum absolute atomic E-state index is 0.0248. The summed E-state index contributed by atoms with van der Waals surface area (Å²) in [6.45, 7) is 2.25. The molecule has 5 nitrogen and oxygen atoms in total. The molecule has 1 rings (SSSR count). The second kappa shape index (κ2) is 7.56. The second-order valence-corrected chi connectivity index (χ2v) is 4.96. The maximum atomic E-state index is 11.7. The summed E-state index contributed by atoms with van der Waals surface area (Å²) >= 11 is 1.55. The molecule has 19 heavy (non-hydrogen) atoms. The molecule has 0 aliphatic heterocycles. The van der Waals surface area contributed by atoms with Crippen LogP contribution in [-0.2, 0) is 16.1 Å². The fourth-order valence-electron chi connectivity index (χ4n) is 1.34. The topological polar surface area (TPSA) is 75.4 Å². The van der Waals surface area contributed by atoms with Gasteiger partial charge in [-0.1, -0.05) is 11.8 Å². The summed E-state index contributed by atoms with van der Waals surface area (Å²) in [6, 6.07) is 1.94. The summed E-state index contributed by atoms with van der Waals surface area (Å²) in [5, 5.41) is 4.42. The Morgan fingerprint density at radius 2 is 2.26 bits per heavy atom. The van der Waals surface area contributed by atoms with Crippen LogP contribution in [0.5, 0.6) is 0 Å². The first-order chi connectivity index (χ1) is 9.02. The molecule has 0 radical (unpaired) electrons. The number of carbonyl (C=O) groups is 2. The Bertz CT molecular complexity index is 513. The standard InChI is InChI=1S/C13H17N3O2S/c1-10(17)15-7-13(18)16(2)8-12-6-11(9-19-12)4-3-5-14/h6,9H,5,7-8,14H2,1-2H3,(H,15,17). The Kier molecular flexibility index (Phi) is 6.06. The van der Waals surface area contributed by atoms with Gasteiger partial charge in [-0.3, -0.25) is 9.59 Å². The maximum absolute atomic E-state index is 11.7. The summed E-state index contributed by atoms with van der Waals surface area (Å²) in [5.41, 5.74) is 6.21. The zero-order valence-electron chi connectivity index (χ0n) is 11.0. The lowest BCUT2D eigenvalue weighted by molar-refractivity contribution is -0.131. The highest BCUT2D eigenvalue weighted by atomic mass is 32.1. The fraction of sp³-hybridized carbons (Fsp3) is 0.385. The Hall–Kier alpha value is -1.84. The lowest BCUT2D eigenvalue weighted by atomic mass is 10.3. The van der Waals surface area contributed by atoms with E-state index in [2.05, 4.69) is 17.2 Å². The van der Waals surface area contributed by atoms with E-state index in [1.165, 1.54) is 6.92 Å². The number of carbonyl (C=O) groups excluding carboxylic acids is 2. The summed E-state index contributed by atoms with van der Waals surface area (Å²) in [6.07, 6.45) is 0. The molecular weight excluding hydrogens is 262 g/mol. The lowest BCUT2D eigenvalue weighted by Crippen LogP contribution is -2.36. The van der Waals surface area contributed by atoms with Gasteiger partial charge in [-0.2, -0.15) is 0 Å². The number of hydrogen-bond acceptors (Lipinski definition) is 4. The predicted octanol–water partition coefficient (Wildman–Crippen LogP) is 0.153. The quantitative estimate of drug-likeness (QED) is 0.771. The number of nitrogens with one attached hydrogen (secondary N) is 1. The summed E-state index contributed by atoms with van der Waals surface area (Å²) in [5.74, 6) is 5.39. The highest BCUT2D eigenvalue weighted by Crippen LogP contribution is 2.15. The predicted molar refractivity (Wildman–Crippen MR) is 75.4 cm³/mol. The van der Waals surface area contributed by atoms with Crippen molar-refractivity contribution in [1.29, 1.82) is 0 Å². The molecule has 0 spiro atoms. The van der Waals surface area contributed by atoms with Crippen LogP contribution < -0.4 is 11.1 Å². The zero-order valence-corrected chi connectivity index (χ0v) is 11.8. The molecule has 0 bridgehead atoms. The van der Waals surface area contributed by atoms with Crippen molar-refractivity contribution in [3.05, 3.63) is 21.9 Å². The number of nitrogens with two attached hydrogens (primary N) is 1. The molecule has 102 valence electrons.